The summed E-state index contributed by atoms with van der Waals surface area (Å²) in [5, 5.41) is 9.10. The lowest BCUT2D eigenvalue weighted by Gasteiger charge is -2.35. The molecular weight excluding hydrogens is 258 g/mol. The Labute approximate surface area is 119 Å². The highest BCUT2D eigenvalue weighted by Crippen LogP contribution is 2.32. The van der Waals surface area contributed by atoms with Crippen LogP contribution in [0.3, 0.4) is 0 Å². The Morgan fingerprint density at radius 1 is 1.63 bits per heavy atom. The van der Waals surface area contributed by atoms with E-state index in [0.29, 0.717) is 5.92 Å². The molecule has 4 nitrogen and oxygen atoms in total. The second kappa shape index (κ2) is 6.01. The van der Waals surface area contributed by atoms with Crippen LogP contribution in [0, 0.1) is 5.41 Å². The number of aromatic nitrogens is 1. The third kappa shape index (κ3) is 3.15. The van der Waals surface area contributed by atoms with Crippen molar-refractivity contribution < 1.29 is 4.79 Å². The normalized spacial score (nSPS) is 23.6. The Morgan fingerprint density at radius 2 is 2.42 bits per heavy atom. The fourth-order valence-corrected chi connectivity index (χ4v) is 3.33. The first-order valence-electron chi connectivity index (χ1n) is 7.05. The molecule has 1 aliphatic rings. The largest absolute Gasteiger partial charge is 0.316 e. The van der Waals surface area contributed by atoms with E-state index in [9.17, 15) is 4.79 Å². The van der Waals surface area contributed by atoms with Crippen molar-refractivity contribution >= 4 is 22.4 Å². The number of hydrogen-bond acceptors (Lipinski definition) is 4. The van der Waals surface area contributed by atoms with Crippen molar-refractivity contribution in [3.63, 3.8) is 0 Å². The van der Waals surface area contributed by atoms with Crippen LogP contribution in [-0.4, -0.2) is 24.0 Å². The van der Waals surface area contributed by atoms with E-state index >= 15 is 0 Å². The van der Waals surface area contributed by atoms with Gasteiger partial charge in [0.1, 0.15) is 0 Å². The van der Waals surface area contributed by atoms with Crippen LogP contribution in [0.5, 0.6) is 0 Å². The highest BCUT2D eigenvalue weighted by molar-refractivity contribution is 7.13. The Bertz CT molecular complexity index is 436. The minimum Gasteiger partial charge on any atom is -0.316 e. The third-order valence-corrected chi connectivity index (χ3v) is 4.74. The number of nitrogens with one attached hydrogen (secondary N) is 2. The van der Waals surface area contributed by atoms with E-state index in [4.69, 9.17) is 0 Å². The second-order valence-corrected chi connectivity index (χ2v) is 6.46. The van der Waals surface area contributed by atoms with Crippen LogP contribution in [0.15, 0.2) is 5.38 Å². The molecule has 5 heteroatoms. The molecule has 2 rings (SSSR count). The van der Waals surface area contributed by atoms with E-state index in [-0.39, 0.29) is 11.3 Å². The summed E-state index contributed by atoms with van der Waals surface area (Å²) in [6, 6.07) is 0. The Kier molecular flexibility index (Phi) is 4.58. The van der Waals surface area contributed by atoms with Crippen molar-refractivity contribution in [2.75, 3.05) is 18.4 Å². The van der Waals surface area contributed by atoms with E-state index in [1.54, 1.807) is 0 Å². The molecular formula is C14H23N3OS. The van der Waals surface area contributed by atoms with Gasteiger partial charge >= 0.3 is 0 Å². The molecule has 0 bridgehead atoms. The van der Waals surface area contributed by atoms with Gasteiger partial charge in [0.05, 0.1) is 11.1 Å². The summed E-state index contributed by atoms with van der Waals surface area (Å²) >= 11 is 1.52. The van der Waals surface area contributed by atoms with Crippen molar-refractivity contribution in [3.05, 3.63) is 11.1 Å². The molecule has 1 atom stereocenters. The molecule has 1 aromatic heterocycles. The van der Waals surface area contributed by atoms with Crippen LogP contribution in [0.1, 0.15) is 51.6 Å². The second-order valence-electron chi connectivity index (χ2n) is 5.60. The zero-order chi connectivity index (χ0) is 13.9. The summed E-state index contributed by atoms with van der Waals surface area (Å²) in [6.07, 6.45) is 2.90. The minimum atomic E-state index is -0.262. The van der Waals surface area contributed by atoms with Crippen LogP contribution in [-0.2, 0) is 4.79 Å². The number of carbonyl (C=O) groups excluding carboxylic acids is 1. The van der Waals surface area contributed by atoms with Gasteiger partial charge in [0, 0.05) is 11.9 Å². The molecule has 106 valence electrons. The molecule has 0 radical (unpaired) electrons. The van der Waals surface area contributed by atoms with Crippen molar-refractivity contribution in [1.29, 1.82) is 0 Å². The molecule has 1 aromatic rings. The first-order chi connectivity index (χ1) is 9.07. The summed E-state index contributed by atoms with van der Waals surface area (Å²) in [4.78, 5) is 17.0. The number of rotatable bonds is 4. The van der Waals surface area contributed by atoms with Gasteiger partial charge in [0.2, 0.25) is 5.91 Å². The SMILES string of the molecule is CCC1(C(=O)Nc2nc(C(C)C)cs2)CCCNC1. The maximum atomic E-state index is 12.5. The predicted octanol–water partition coefficient (Wildman–Crippen LogP) is 2.98. The first-order valence-corrected chi connectivity index (χ1v) is 7.93. The van der Waals surface area contributed by atoms with E-state index < -0.39 is 0 Å². The highest BCUT2D eigenvalue weighted by Gasteiger charge is 2.38. The van der Waals surface area contributed by atoms with Gasteiger partial charge in [0.25, 0.3) is 0 Å². The molecule has 1 saturated heterocycles. The molecule has 0 aliphatic carbocycles. The molecule has 0 spiro atoms. The lowest BCUT2D eigenvalue weighted by molar-refractivity contribution is -0.126. The quantitative estimate of drug-likeness (QED) is 0.892. The van der Waals surface area contributed by atoms with Gasteiger partial charge in [-0.05, 0) is 31.7 Å². The topological polar surface area (TPSA) is 54.0 Å². The van der Waals surface area contributed by atoms with Crippen molar-refractivity contribution in [1.82, 2.24) is 10.3 Å². The molecule has 2 heterocycles. The number of piperidine rings is 1. The maximum Gasteiger partial charge on any atom is 0.233 e. The van der Waals surface area contributed by atoms with E-state index in [1.807, 2.05) is 5.38 Å². The van der Waals surface area contributed by atoms with E-state index in [0.717, 1.165) is 43.2 Å². The first kappa shape index (κ1) is 14.5. The standard InChI is InChI=1S/C14H23N3OS/c1-4-14(6-5-7-15-9-14)12(18)17-13-16-11(8-19-13)10(2)3/h8,10,15H,4-7,9H2,1-3H3,(H,16,17,18). The molecule has 1 unspecified atom stereocenters. The van der Waals surface area contributed by atoms with Crippen molar-refractivity contribution in [2.24, 2.45) is 5.41 Å². The van der Waals surface area contributed by atoms with Crippen LogP contribution >= 0.6 is 11.3 Å². The summed E-state index contributed by atoms with van der Waals surface area (Å²) < 4.78 is 0. The fourth-order valence-electron chi connectivity index (χ4n) is 2.46. The zero-order valence-corrected chi connectivity index (χ0v) is 12.8. The van der Waals surface area contributed by atoms with E-state index in [1.165, 1.54) is 11.3 Å². The summed E-state index contributed by atoms with van der Waals surface area (Å²) in [5.41, 5.74) is 0.787. The predicted molar refractivity (Wildman–Crippen MR) is 79.7 cm³/mol. The number of hydrogen-bond donors (Lipinski definition) is 2. The highest BCUT2D eigenvalue weighted by atomic mass is 32.1. The number of thiazole rings is 1. The van der Waals surface area contributed by atoms with Gasteiger partial charge < -0.3 is 10.6 Å². The molecule has 0 saturated carbocycles. The molecule has 1 aliphatic heterocycles. The third-order valence-electron chi connectivity index (χ3n) is 3.96. The van der Waals surface area contributed by atoms with Crippen LogP contribution in [0.4, 0.5) is 5.13 Å². The molecule has 1 fully saturated rings. The zero-order valence-electron chi connectivity index (χ0n) is 12.0. The number of amides is 1. The summed E-state index contributed by atoms with van der Waals surface area (Å²) in [6.45, 7) is 8.11. The van der Waals surface area contributed by atoms with Crippen molar-refractivity contribution in [3.8, 4) is 0 Å². The van der Waals surface area contributed by atoms with E-state index in [2.05, 4.69) is 36.4 Å². The lowest BCUT2D eigenvalue weighted by Crippen LogP contribution is -2.47. The number of nitrogens with zero attached hydrogens (tertiary/aromatic N) is 1. The average Bonchev–Trinajstić information content (AvgIpc) is 2.88. The van der Waals surface area contributed by atoms with Crippen molar-refractivity contribution in [2.45, 2.75) is 46.0 Å². The van der Waals surface area contributed by atoms with Gasteiger partial charge in [-0.1, -0.05) is 20.8 Å². The smallest absolute Gasteiger partial charge is 0.233 e. The average molecular weight is 281 g/mol. The Morgan fingerprint density at radius 3 is 2.95 bits per heavy atom. The maximum absolute atomic E-state index is 12.5. The van der Waals surface area contributed by atoms with Crippen LogP contribution < -0.4 is 10.6 Å². The summed E-state index contributed by atoms with van der Waals surface area (Å²) in [7, 11) is 0. The monoisotopic (exact) mass is 281 g/mol. The van der Waals surface area contributed by atoms with Gasteiger partial charge in [-0.2, -0.15) is 0 Å². The fraction of sp³-hybridized carbons (Fsp3) is 0.714. The molecule has 2 N–H and O–H groups in total. The lowest BCUT2D eigenvalue weighted by atomic mass is 9.77. The number of anilines is 1. The molecule has 0 aromatic carbocycles. The molecule has 19 heavy (non-hydrogen) atoms. The Hall–Kier alpha value is -0.940. The van der Waals surface area contributed by atoms with Crippen LogP contribution in [0.2, 0.25) is 0 Å². The van der Waals surface area contributed by atoms with Gasteiger partial charge in [0.15, 0.2) is 5.13 Å². The number of carbonyl (C=O) groups is 1. The van der Waals surface area contributed by atoms with Gasteiger partial charge in [-0.25, -0.2) is 4.98 Å². The van der Waals surface area contributed by atoms with Crippen LogP contribution in [0.25, 0.3) is 0 Å². The molecule has 1 amide bonds. The Balaban J connectivity index is 2.06. The van der Waals surface area contributed by atoms with Gasteiger partial charge in [-0.15, -0.1) is 11.3 Å². The van der Waals surface area contributed by atoms with Gasteiger partial charge in [-0.3, -0.25) is 4.79 Å². The minimum absolute atomic E-state index is 0.117. The summed E-state index contributed by atoms with van der Waals surface area (Å²) in [5.74, 6) is 0.519.